The number of rotatable bonds is 6. The Balaban J connectivity index is 1.58. The van der Waals surface area contributed by atoms with Crippen molar-refractivity contribution in [3.63, 3.8) is 0 Å². The number of aryl methyl sites for hydroxylation is 1. The van der Waals surface area contributed by atoms with E-state index in [1.165, 1.54) is 0 Å². The molecule has 0 unspecified atom stereocenters. The number of hydrogen-bond acceptors (Lipinski definition) is 5. The quantitative estimate of drug-likeness (QED) is 0.795. The first-order valence-electron chi connectivity index (χ1n) is 8.03. The number of carbonyl (C=O) groups is 1. The molecule has 0 bridgehead atoms. The zero-order chi connectivity index (χ0) is 17.1. The minimum Gasteiger partial charge on any atom is -0.360 e. The fourth-order valence-electron chi connectivity index (χ4n) is 3.07. The summed E-state index contributed by atoms with van der Waals surface area (Å²) in [6.07, 6.45) is 2.93. The second-order valence-electron chi connectivity index (χ2n) is 6.33. The van der Waals surface area contributed by atoms with Gasteiger partial charge < -0.3 is 9.42 Å². The zero-order valence-corrected chi connectivity index (χ0v) is 13.9. The molecule has 24 heavy (non-hydrogen) atoms. The SMILES string of the molecule is Cc1cc(CN2C[C@@H](F)C[C@H]2CN(C)C(=O)Cn2cccn2)on1. The highest BCUT2D eigenvalue weighted by atomic mass is 19.1. The number of nitrogens with zero attached hydrogens (tertiary/aromatic N) is 5. The van der Waals surface area contributed by atoms with Gasteiger partial charge in [0.15, 0.2) is 5.76 Å². The number of aromatic nitrogens is 3. The molecule has 1 fully saturated rings. The first-order valence-corrected chi connectivity index (χ1v) is 8.03. The lowest BCUT2D eigenvalue weighted by atomic mass is 10.2. The molecule has 1 aliphatic rings. The van der Waals surface area contributed by atoms with Gasteiger partial charge in [0.05, 0.1) is 12.2 Å². The molecule has 0 radical (unpaired) electrons. The lowest BCUT2D eigenvalue weighted by Crippen LogP contribution is -2.42. The lowest BCUT2D eigenvalue weighted by molar-refractivity contribution is -0.131. The van der Waals surface area contributed by atoms with Crippen molar-refractivity contribution in [2.24, 2.45) is 0 Å². The van der Waals surface area contributed by atoms with Gasteiger partial charge in [-0.1, -0.05) is 5.16 Å². The number of hydrogen-bond donors (Lipinski definition) is 0. The van der Waals surface area contributed by atoms with E-state index < -0.39 is 6.17 Å². The van der Waals surface area contributed by atoms with Gasteiger partial charge in [0, 0.05) is 44.6 Å². The highest BCUT2D eigenvalue weighted by Crippen LogP contribution is 2.23. The summed E-state index contributed by atoms with van der Waals surface area (Å²) in [5.74, 6) is 0.675. The van der Waals surface area contributed by atoms with Crippen LogP contribution in [0.4, 0.5) is 4.39 Å². The van der Waals surface area contributed by atoms with E-state index in [0.717, 1.165) is 11.5 Å². The van der Waals surface area contributed by atoms with Crippen LogP contribution >= 0.6 is 0 Å². The van der Waals surface area contributed by atoms with Crippen molar-refractivity contribution in [2.75, 3.05) is 20.1 Å². The Labute approximate surface area is 140 Å². The molecule has 3 heterocycles. The molecule has 0 spiro atoms. The average Bonchev–Trinajstić information content (AvgIpc) is 3.23. The van der Waals surface area contributed by atoms with Crippen LogP contribution in [0.1, 0.15) is 17.9 Å². The molecule has 0 aliphatic carbocycles. The second kappa shape index (κ2) is 7.12. The summed E-state index contributed by atoms with van der Waals surface area (Å²) in [5, 5.41) is 7.90. The molecule has 1 aliphatic heterocycles. The lowest BCUT2D eigenvalue weighted by Gasteiger charge is -2.27. The summed E-state index contributed by atoms with van der Waals surface area (Å²) in [7, 11) is 1.74. The van der Waals surface area contributed by atoms with Gasteiger partial charge in [-0.2, -0.15) is 5.10 Å². The maximum atomic E-state index is 13.9. The number of halogens is 1. The number of amides is 1. The largest absolute Gasteiger partial charge is 0.360 e. The summed E-state index contributed by atoms with van der Waals surface area (Å²) in [4.78, 5) is 15.9. The third kappa shape index (κ3) is 4.00. The third-order valence-electron chi connectivity index (χ3n) is 4.28. The number of likely N-dealkylation sites (tertiary alicyclic amines) is 1. The Morgan fingerprint density at radius 3 is 3.04 bits per heavy atom. The Morgan fingerprint density at radius 2 is 2.38 bits per heavy atom. The van der Waals surface area contributed by atoms with Crippen molar-refractivity contribution in [2.45, 2.75) is 38.6 Å². The van der Waals surface area contributed by atoms with Crippen LogP contribution in [0.5, 0.6) is 0 Å². The van der Waals surface area contributed by atoms with Crippen molar-refractivity contribution in [1.29, 1.82) is 0 Å². The van der Waals surface area contributed by atoms with E-state index in [0.29, 0.717) is 26.1 Å². The molecule has 3 rings (SSSR count). The standard InChI is InChI=1S/C16H22FN5O2/c1-12-6-15(24-19-12)10-21-8-13(17)7-14(21)9-20(2)16(23)11-22-5-3-4-18-22/h3-6,13-14H,7-11H2,1-2H3/t13-,14-/m0/s1. The van der Waals surface area contributed by atoms with Crippen LogP contribution in [-0.2, 0) is 17.9 Å². The smallest absolute Gasteiger partial charge is 0.244 e. The third-order valence-corrected chi connectivity index (χ3v) is 4.28. The van der Waals surface area contributed by atoms with Gasteiger partial charge in [-0.15, -0.1) is 0 Å². The van der Waals surface area contributed by atoms with Crippen molar-refractivity contribution in [3.8, 4) is 0 Å². The van der Waals surface area contributed by atoms with E-state index in [2.05, 4.69) is 10.3 Å². The molecule has 2 aromatic rings. The average molecular weight is 335 g/mol. The van der Waals surface area contributed by atoms with Gasteiger partial charge >= 0.3 is 0 Å². The minimum absolute atomic E-state index is 0.0306. The van der Waals surface area contributed by atoms with E-state index in [1.807, 2.05) is 17.9 Å². The van der Waals surface area contributed by atoms with E-state index in [9.17, 15) is 9.18 Å². The summed E-state index contributed by atoms with van der Waals surface area (Å²) >= 11 is 0. The molecular weight excluding hydrogens is 313 g/mol. The molecule has 0 saturated carbocycles. The highest BCUT2D eigenvalue weighted by Gasteiger charge is 2.34. The summed E-state index contributed by atoms with van der Waals surface area (Å²) in [6.45, 7) is 3.39. The van der Waals surface area contributed by atoms with Gasteiger partial charge in [-0.05, 0) is 19.4 Å². The molecule has 130 valence electrons. The van der Waals surface area contributed by atoms with E-state index in [-0.39, 0.29) is 18.5 Å². The fraction of sp³-hybridized carbons (Fsp3) is 0.562. The fourth-order valence-corrected chi connectivity index (χ4v) is 3.07. The first kappa shape index (κ1) is 16.6. The monoisotopic (exact) mass is 335 g/mol. The predicted octanol–water partition coefficient (Wildman–Crippen LogP) is 1.25. The molecule has 2 atom stereocenters. The number of alkyl halides is 1. The Kier molecular flexibility index (Phi) is 4.94. The number of likely N-dealkylation sites (N-methyl/N-ethyl adjacent to an activating group) is 1. The number of carbonyl (C=O) groups excluding carboxylic acids is 1. The molecule has 8 heteroatoms. The van der Waals surface area contributed by atoms with Crippen molar-refractivity contribution >= 4 is 5.91 Å². The van der Waals surface area contributed by atoms with Gasteiger partial charge in [0.25, 0.3) is 0 Å². The molecule has 0 N–H and O–H groups in total. The summed E-state index contributed by atoms with van der Waals surface area (Å²) in [5.41, 5.74) is 0.809. The molecular formula is C16H22FN5O2. The van der Waals surface area contributed by atoms with Crippen LogP contribution in [0.25, 0.3) is 0 Å². The van der Waals surface area contributed by atoms with Crippen LogP contribution in [-0.4, -0.2) is 63.0 Å². The molecule has 0 aromatic carbocycles. The second-order valence-corrected chi connectivity index (χ2v) is 6.33. The van der Waals surface area contributed by atoms with Crippen LogP contribution in [0, 0.1) is 6.92 Å². The van der Waals surface area contributed by atoms with Gasteiger partial charge in [-0.25, -0.2) is 4.39 Å². The van der Waals surface area contributed by atoms with E-state index in [1.54, 1.807) is 35.1 Å². The first-order chi connectivity index (χ1) is 11.5. The minimum atomic E-state index is -0.881. The highest BCUT2D eigenvalue weighted by molar-refractivity contribution is 5.75. The Bertz CT molecular complexity index is 672. The zero-order valence-electron chi connectivity index (χ0n) is 13.9. The van der Waals surface area contributed by atoms with Crippen LogP contribution in [0.3, 0.4) is 0 Å². The Morgan fingerprint density at radius 1 is 1.54 bits per heavy atom. The van der Waals surface area contributed by atoms with Crippen molar-refractivity contribution < 1.29 is 13.7 Å². The Hall–Kier alpha value is -2.22. The maximum Gasteiger partial charge on any atom is 0.244 e. The molecule has 7 nitrogen and oxygen atoms in total. The normalized spacial score (nSPS) is 21.3. The van der Waals surface area contributed by atoms with Gasteiger partial charge in [-0.3, -0.25) is 14.4 Å². The van der Waals surface area contributed by atoms with Gasteiger partial charge in [0.1, 0.15) is 12.7 Å². The molecule has 1 saturated heterocycles. The molecule has 2 aromatic heterocycles. The van der Waals surface area contributed by atoms with Crippen LogP contribution in [0.15, 0.2) is 29.0 Å². The molecule has 1 amide bonds. The van der Waals surface area contributed by atoms with E-state index >= 15 is 0 Å². The van der Waals surface area contributed by atoms with Crippen molar-refractivity contribution in [3.05, 3.63) is 36.0 Å². The van der Waals surface area contributed by atoms with E-state index in [4.69, 9.17) is 4.52 Å². The summed E-state index contributed by atoms with van der Waals surface area (Å²) in [6, 6.07) is 3.60. The predicted molar refractivity (Wildman–Crippen MR) is 84.8 cm³/mol. The topological polar surface area (TPSA) is 67.4 Å². The summed E-state index contributed by atoms with van der Waals surface area (Å²) < 4.78 is 20.7. The van der Waals surface area contributed by atoms with Gasteiger partial charge in [0.2, 0.25) is 5.91 Å². The maximum absolute atomic E-state index is 13.9. The van der Waals surface area contributed by atoms with Crippen LogP contribution in [0.2, 0.25) is 0 Å². The van der Waals surface area contributed by atoms with Crippen molar-refractivity contribution in [1.82, 2.24) is 24.7 Å². The van der Waals surface area contributed by atoms with Crippen LogP contribution < -0.4 is 0 Å².